The highest BCUT2D eigenvalue weighted by molar-refractivity contribution is 9.10. The number of carbonyl (C=O) groups is 1. The molecule has 128 valence electrons. The number of nitrogens with zero attached hydrogens (tertiary/aromatic N) is 1. The zero-order chi connectivity index (χ0) is 17.0. The van der Waals surface area contributed by atoms with Gasteiger partial charge in [0.1, 0.15) is 5.60 Å². The van der Waals surface area contributed by atoms with Crippen LogP contribution in [0.4, 0.5) is 4.79 Å². The van der Waals surface area contributed by atoms with Crippen LogP contribution in [0.1, 0.15) is 45.1 Å². The summed E-state index contributed by atoms with van der Waals surface area (Å²) < 4.78 is 6.58. The third kappa shape index (κ3) is 5.21. The molecule has 4 nitrogen and oxygen atoms in total. The first-order valence-corrected chi connectivity index (χ1v) is 9.03. The van der Waals surface area contributed by atoms with Crippen molar-refractivity contribution in [1.82, 2.24) is 4.90 Å². The lowest BCUT2D eigenvalue weighted by Crippen LogP contribution is -2.44. The molecule has 0 radical (unpaired) electrons. The van der Waals surface area contributed by atoms with E-state index in [4.69, 9.17) is 10.5 Å². The molecular formula is C18H27BrN2O2. The van der Waals surface area contributed by atoms with Crippen molar-refractivity contribution >= 4 is 22.0 Å². The molecule has 1 saturated heterocycles. The molecule has 2 N–H and O–H groups in total. The van der Waals surface area contributed by atoms with Crippen LogP contribution in [0.5, 0.6) is 0 Å². The van der Waals surface area contributed by atoms with E-state index in [0.717, 1.165) is 23.9 Å². The lowest BCUT2D eigenvalue weighted by molar-refractivity contribution is 0.0152. The SMILES string of the molecule is CC(C)(C)OC(=O)N1CCCC(C(CN)c2cccc(Br)c2)C1. The van der Waals surface area contributed by atoms with Crippen LogP contribution in [0.3, 0.4) is 0 Å². The van der Waals surface area contributed by atoms with E-state index in [2.05, 4.69) is 28.1 Å². The second kappa shape index (κ2) is 7.67. The van der Waals surface area contributed by atoms with Gasteiger partial charge >= 0.3 is 6.09 Å². The third-order valence-electron chi connectivity index (χ3n) is 4.21. The average molecular weight is 383 g/mol. The molecule has 5 heteroatoms. The van der Waals surface area contributed by atoms with Gasteiger partial charge in [-0.15, -0.1) is 0 Å². The van der Waals surface area contributed by atoms with Crippen LogP contribution >= 0.6 is 15.9 Å². The zero-order valence-corrected chi connectivity index (χ0v) is 15.8. The van der Waals surface area contributed by atoms with E-state index < -0.39 is 5.60 Å². The summed E-state index contributed by atoms with van der Waals surface area (Å²) in [5.41, 5.74) is 6.84. The van der Waals surface area contributed by atoms with Crippen LogP contribution in [-0.4, -0.2) is 36.2 Å². The molecule has 0 saturated carbocycles. The normalized spacial score (nSPS) is 20.2. The molecule has 1 fully saturated rings. The van der Waals surface area contributed by atoms with Gasteiger partial charge in [-0.3, -0.25) is 0 Å². The zero-order valence-electron chi connectivity index (χ0n) is 14.2. The van der Waals surface area contributed by atoms with Gasteiger partial charge in [0.05, 0.1) is 0 Å². The van der Waals surface area contributed by atoms with Crippen molar-refractivity contribution in [2.45, 2.75) is 45.1 Å². The molecule has 2 unspecified atom stereocenters. The first-order chi connectivity index (χ1) is 10.8. The minimum absolute atomic E-state index is 0.216. The molecule has 1 aliphatic rings. The third-order valence-corrected chi connectivity index (χ3v) is 4.70. The highest BCUT2D eigenvalue weighted by Gasteiger charge is 2.31. The Kier molecular flexibility index (Phi) is 6.09. The van der Waals surface area contributed by atoms with Crippen LogP contribution in [-0.2, 0) is 4.74 Å². The van der Waals surface area contributed by atoms with Crippen LogP contribution < -0.4 is 5.73 Å². The van der Waals surface area contributed by atoms with Gasteiger partial charge in [0, 0.05) is 23.5 Å². The number of hydrogen-bond donors (Lipinski definition) is 1. The predicted octanol–water partition coefficient (Wildman–Crippen LogP) is 4.14. The smallest absolute Gasteiger partial charge is 0.410 e. The van der Waals surface area contributed by atoms with Gasteiger partial charge in [-0.05, 0) is 63.8 Å². The number of ether oxygens (including phenoxy) is 1. The molecule has 1 amide bonds. The van der Waals surface area contributed by atoms with Gasteiger partial charge in [-0.25, -0.2) is 4.79 Å². The fourth-order valence-electron chi connectivity index (χ4n) is 3.17. The predicted molar refractivity (Wildman–Crippen MR) is 96.5 cm³/mol. The van der Waals surface area contributed by atoms with E-state index in [1.807, 2.05) is 37.8 Å². The van der Waals surface area contributed by atoms with E-state index in [9.17, 15) is 4.79 Å². The highest BCUT2D eigenvalue weighted by atomic mass is 79.9. The van der Waals surface area contributed by atoms with Gasteiger partial charge in [0.25, 0.3) is 0 Å². The van der Waals surface area contributed by atoms with Crippen molar-refractivity contribution in [3.05, 3.63) is 34.3 Å². The number of benzene rings is 1. The second-order valence-corrected chi connectivity index (χ2v) is 8.14. The topological polar surface area (TPSA) is 55.6 Å². The maximum absolute atomic E-state index is 12.3. The number of piperidine rings is 1. The molecule has 2 rings (SSSR count). The minimum atomic E-state index is -0.457. The summed E-state index contributed by atoms with van der Waals surface area (Å²) in [7, 11) is 0. The fraction of sp³-hybridized carbons (Fsp3) is 0.611. The summed E-state index contributed by atoms with van der Waals surface area (Å²) in [6.45, 7) is 7.76. The quantitative estimate of drug-likeness (QED) is 0.854. The van der Waals surface area contributed by atoms with E-state index >= 15 is 0 Å². The fourth-order valence-corrected chi connectivity index (χ4v) is 3.59. The molecule has 2 atom stereocenters. The second-order valence-electron chi connectivity index (χ2n) is 7.23. The van der Waals surface area contributed by atoms with Crippen molar-refractivity contribution in [3.8, 4) is 0 Å². The Morgan fingerprint density at radius 1 is 1.48 bits per heavy atom. The Morgan fingerprint density at radius 3 is 2.83 bits per heavy atom. The van der Waals surface area contributed by atoms with Crippen LogP contribution in [0.25, 0.3) is 0 Å². The molecule has 1 heterocycles. The van der Waals surface area contributed by atoms with Crippen molar-refractivity contribution in [3.63, 3.8) is 0 Å². The van der Waals surface area contributed by atoms with Gasteiger partial charge < -0.3 is 15.4 Å². The Labute approximate surface area is 147 Å². The molecule has 0 spiro atoms. The number of carbonyl (C=O) groups excluding carboxylic acids is 1. The number of rotatable bonds is 3. The van der Waals surface area contributed by atoms with Crippen molar-refractivity contribution in [2.75, 3.05) is 19.6 Å². The number of amides is 1. The molecule has 1 aromatic rings. The standard InChI is InChI=1S/C18H27BrN2O2/c1-18(2,3)23-17(22)21-9-5-7-14(12-21)16(11-20)13-6-4-8-15(19)10-13/h4,6,8,10,14,16H,5,7,9,11-12,20H2,1-3H3. The summed E-state index contributed by atoms with van der Waals surface area (Å²) in [6.07, 6.45) is 1.87. The summed E-state index contributed by atoms with van der Waals surface area (Å²) >= 11 is 3.53. The Balaban J connectivity index is 2.08. The van der Waals surface area contributed by atoms with Crippen LogP contribution in [0.2, 0.25) is 0 Å². The number of likely N-dealkylation sites (tertiary alicyclic amines) is 1. The van der Waals surface area contributed by atoms with Crippen molar-refractivity contribution in [1.29, 1.82) is 0 Å². The van der Waals surface area contributed by atoms with Gasteiger partial charge in [0.2, 0.25) is 0 Å². The summed E-state index contributed by atoms with van der Waals surface area (Å²) in [4.78, 5) is 14.2. The molecule has 0 aromatic heterocycles. The maximum atomic E-state index is 12.3. The summed E-state index contributed by atoms with van der Waals surface area (Å²) in [6, 6.07) is 8.31. The minimum Gasteiger partial charge on any atom is -0.444 e. The molecule has 1 aromatic carbocycles. The highest BCUT2D eigenvalue weighted by Crippen LogP contribution is 2.32. The van der Waals surface area contributed by atoms with E-state index in [1.54, 1.807) is 0 Å². The van der Waals surface area contributed by atoms with Gasteiger partial charge in [0.15, 0.2) is 0 Å². The van der Waals surface area contributed by atoms with E-state index in [1.165, 1.54) is 5.56 Å². The van der Waals surface area contributed by atoms with Crippen LogP contribution in [0, 0.1) is 5.92 Å². The molecule has 1 aliphatic heterocycles. The lowest BCUT2D eigenvalue weighted by Gasteiger charge is -2.37. The summed E-state index contributed by atoms with van der Waals surface area (Å²) in [5, 5.41) is 0. The molecule has 0 bridgehead atoms. The number of nitrogens with two attached hydrogens (primary N) is 1. The number of hydrogen-bond acceptors (Lipinski definition) is 3. The number of halogens is 1. The van der Waals surface area contributed by atoms with E-state index in [0.29, 0.717) is 19.0 Å². The Bertz CT molecular complexity index is 542. The van der Waals surface area contributed by atoms with Crippen molar-refractivity contribution < 1.29 is 9.53 Å². The molecular weight excluding hydrogens is 356 g/mol. The van der Waals surface area contributed by atoms with Crippen LogP contribution in [0.15, 0.2) is 28.7 Å². The van der Waals surface area contributed by atoms with Crippen molar-refractivity contribution in [2.24, 2.45) is 11.7 Å². The Morgan fingerprint density at radius 2 is 2.22 bits per heavy atom. The van der Waals surface area contributed by atoms with Gasteiger partial charge in [-0.2, -0.15) is 0 Å². The first kappa shape index (κ1) is 18.3. The largest absolute Gasteiger partial charge is 0.444 e. The lowest BCUT2D eigenvalue weighted by atomic mass is 9.81. The molecule has 23 heavy (non-hydrogen) atoms. The molecule has 0 aliphatic carbocycles. The van der Waals surface area contributed by atoms with Gasteiger partial charge in [-0.1, -0.05) is 28.1 Å². The summed E-state index contributed by atoms with van der Waals surface area (Å²) in [5.74, 6) is 0.633. The van der Waals surface area contributed by atoms with E-state index in [-0.39, 0.29) is 12.0 Å². The Hall–Kier alpha value is -1.07. The maximum Gasteiger partial charge on any atom is 0.410 e. The monoisotopic (exact) mass is 382 g/mol. The first-order valence-electron chi connectivity index (χ1n) is 8.23. The average Bonchev–Trinajstić information content (AvgIpc) is 2.47.